The number of hydrogen-bond donors (Lipinski definition) is 3. The fraction of sp³-hybridized carbons (Fsp3) is 0.333. The van der Waals surface area contributed by atoms with Crippen LogP contribution >= 0.6 is 11.3 Å². The summed E-state index contributed by atoms with van der Waals surface area (Å²) in [5, 5.41) is 13.4. The molecule has 0 aliphatic carbocycles. The molecule has 5 rings (SSSR count). The minimum Gasteiger partial charge on any atom is -0.465 e. The van der Waals surface area contributed by atoms with Crippen molar-refractivity contribution in [2.45, 2.75) is 38.3 Å². The Hall–Kier alpha value is -3.77. The van der Waals surface area contributed by atoms with Crippen LogP contribution < -0.4 is 10.9 Å². The summed E-state index contributed by atoms with van der Waals surface area (Å²) in [6.07, 6.45) is 1.26. The zero-order valence-corrected chi connectivity index (χ0v) is 23.2. The number of pyridine rings is 1. The maximum Gasteiger partial charge on any atom is 0.407 e. The number of thiophene rings is 1. The normalized spacial score (nSPS) is 16.2. The predicted molar refractivity (Wildman–Crippen MR) is 152 cm³/mol. The van der Waals surface area contributed by atoms with Crippen molar-refractivity contribution in [3.8, 4) is 10.4 Å². The first-order valence-corrected chi connectivity index (χ1v) is 15.2. The number of anilines is 1. The monoisotopic (exact) mass is 567 g/mol. The Morgan fingerprint density at radius 3 is 2.69 bits per heavy atom. The van der Waals surface area contributed by atoms with Crippen LogP contribution in [0, 0.1) is 0 Å². The smallest absolute Gasteiger partial charge is 0.407 e. The predicted octanol–water partition coefficient (Wildman–Crippen LogP) is 4.62. The highest BCUT2D eigenvalue weighted by Gasteiger charge is 2.27. The molecule has 0 spiro atoms. The van der Waals surface area contributed by atoms with Crippen molar-refractivity contribution in [1.82, 2.24) is 19.9 Å². The van der Waals surface area contributed by atoms with Crippen molar-refractivity contribution in [3.63, 3.8) is 0 Å². The van der Waals surface area contributed by atoms with Crippen molar-refractivity contribution in [2.75, 3.05) is 23.9 Å². The molecule has 0 bridgehead atoms. The van der Waals surface area contributed by atoms with Gasteiger partial charge in [-0.1, -0.05) is 24.3 Å². The average molecular weight is 568 g/mol. The highest BCUT2D eigenvalue weighted by molar-refractivity contribution is 7.91. The molecule has 10 nitrogen and oxygen atoms in total. The lowest BCUT2D eigenvalue weighted by Crippen LogP contribution is -2.26. The number of carboxylic acid groups (broad SMARTS) is 1. The van der Waals surface area contributed by atoms with E-state index < -0.39 is 15.9 Å². The van der Waals surface area contributed by atoms with Gasteiger partial charge in [0.15, 0.2) is 0 Å². The minimum atomic E-state index is -3.04. The van der Waals surface area contributed by atoms with Gasteiger partial charge >= 0.3 is 6.09 Å². The zero-order valence-electron chi connectivity index (χ0n) is 21.5. The molecule has 0 saturated carbocycles. The van der Waals surface area contributed by atoms with E-state index in [-0.39, 0.29) is 35.6 Å². The second kappa shape index (κ2) is 10.8. The maximum absolute atomic E-state index is 12.8. The Kier molecular flexibility index (Phi) is 7.41. The van der Waals surface area contributed by atoms with Crippen LogP contribution in [0.15, 0.2) is 53.6 Å². The summed E-state index contributed by atoms with van der Waals surface area (Å²) in [5.41, 5.74) is 2.63. The summed E-state index contributed by atoms with van der Waals surface area (Å²) in [7, 11) is -1.49. The number of fused-ring (bicyclic) bond motifs is 1. The molecule has 3 N–H and O–H groups in total. The number of sulfone groups is 1. The topological polar surface area (TPSA) is 145 Å². The first-order valence-electron chi connectivity index (χ1n) is 12.6. The van der Waals surface area contributed by atoms with Crippen molar-refractivity contribution in [2.24, 2.45) is 0 Å². The Labute approximate surface area is 229 Å². The molecule has 1 aliphatic heterocycles. The van der Waals surface area contributed by atoms with Crippen LogP contribution in [0.1, 0.15) is 47.7 Å². The van der Waals surface area contributed by atoms with Gasteiger partial charge in [-0.15, -0.1) is 11.3 Å². The lowest BCUT2D eigenvalue weighted by atomic mass is 9.94. The van der Waals surface area contributed by atoms with Gasteiger partial charge in [0.05, 0.1) is 22.9 Å². The number of aromatic nitrogens is 3. The minimum absolute atomic E-state index is 0.0824. The summed E-state index contributed by atoms with van der Waals surface area (Å²) >= 11 is 1.61. The summed E-state index contributed by atoms with van der Waals surface area (Å²) in [5.74, 6) is 0.608. The summed E-state index contributed by atoms with van der Waals surface area (Å²) in [6, 6.07) is 13.5. The van der Waals surface area contributed by atoms with Gasteiger partial charge in [-0.2, -0.15) is 0 Å². The van der Waals surface area contributed by atoms with Gasteiger partial charge in [-0.25, -0.2) is 23.2 Å². The number of aromatic amines is 1. The van der Waals surface area contributed by atoms with E-state index >= 15 is 0 Å². The van der Waals surface area contributed by atoms with Gasteiger partial charge in [0.1, 0.15) is 27.6 Å². The molecule has 0 radical (unpaired) electrons. The Morgan fingerprint density at radius 2 is 1.95 bits per heavy atom. The number of nitrogens with zero attached hydrogens (tertiary/aromatic N) is 3. The molecule has 4 aromatic rings. The molecule has 4 heterocycles. The molecule has 1 saturated heterocycles. The second-order valence-corrected chi connectivity index (χ2v) is 13.2. The quantitative estimate of drug-likeness (QED) is 0.293. The van der Waals surface area contributed by atoms with Crippen LogP contribution in [-0.2, 0) is 16.4 Å². The van der Waals surface area contributed by atoms with Gasteiger partial charge in [-0.3, -0.25) is 4.79 Å². The van der Waals surface area contributed by atoms with E-state index in [0.717, 1.165) is 20.9 Å². The fourth-order valence-electron chi connectivity index (χ4n) is 4.88. The molecular formula is C27H29N5O5S2. The summed E-state index contributed by atoms with van der Waals surface area (Å²) in [4.78, 5) is 39.0. The lowest BCUT2D eigenvalue weighted by molar-refractivity contribution is 0.154. The van der Waals surface area contributed by atoms with E-state index in [2.05, 4.69) is 20.3 Å². The second-order valence-electron chi connectivity index (χ2n) is 9.83. The number of nitrogens with one attached hydrogen (secondary N) is 2. The average Bonchev–Trinajstić information content (AvgIpc) is 3.39. The lowest BCUT2D eigenvalue weighted by Gasteiger charge is -2.22. The third kappa shape index (κ3) is 5.81. The molecule has 1 aromatic carbocycles. The molecule has 39 heavy (non-hydrogen) atoms. The van der Waals surface area contributed by atoms with Crippen LogP contribution in [0.25, 0.3) is 21.5 Å². The van der Waals surface area contributed by atoms with E-state index in [4.69, 9.17) is 0 Å². The van der Waals surface area contributed by atoms with Crippen molar-refractivity contribution in [1.29, 1.82) is 0 Å². The van der Waals surface area contributed by atoms with E-state index in [1.54, 1.807) is 24.5 Å². The summed E-state index contributed by atoms with van der Waals surface area (Å²) in [6.45, 7) is 2.30. The van der Waals surface area contributed by atoms with Gasteiger partial charge in [0, 0.05) is 28.9 Å². The number of hydrogen-bond acceptors (Lipinski definition) is 8. The van der Waals surface area contributed by atoms with Crippen molar-refractivity contribution < 1.29 is 18.3 Å². The van der Waals surface area contributed by atoms with Gasteiger partial charge < -0.3 is 20.3 Å². The number of benzene rings is 1. The molecule has 1 fully saturated rings. The van der Waals surface area contributed by atoms with Crippen LogP contribution in [0.5, 0.6) is 0 Å². The first kappa shape index (κ1) is 26.8. The third-order valence-electron chi connectivity index (χ3n) is 7.10. The third-order valence-corrected chi connectivity index (χ3v) is 10.1. The van der Waals surface area contributed by atoms with Crippen molar-refractivity contribution in [3.05, 3.63) is 75.1 Å². The Bertz CT molecular complexity index is 1680. The van der Waals surface area contributed by atoms with Gasteiger partial charge in [0.2, 0.25) is 0 Å². The van der Waals surface area contributed by atoms with Gasteiger partial charge in [0.25, 0.3) is 5.56 Å². The first-order chi connectivity index (χ1) is 18.6. The van der Waals surface area contributed by atoms with Crippen molar-refractivity contribution >= 4 is 44.1 Å². The molecule has 12 heteroatoms. The Morgan fingerprint density at radius 1 is 1.21 bits per heavy atom. The largest absolute Gasteiger partial charge is 0.465 e. The van der Waals surface area contributed by atoms with Gasteiger partial charge in [-0.05, 0) is 55.0 Å². The number of carbonyl (C=O) groups is 1. The summed E-state index contributed by atoms with van der Waals surface area (Å²) < 4.78 is 23.8. The van der Waals surface area contributed by atoms with Crippen LogP contribution in [0.2, 0.25) is 0 Å². The number of amides is 1. The molecule has 1 amide bonds. The van der Waals surface area contributed by atoms with Crippen LogP contribution in [0.3, 0.4) is 0 Å². The van der Waals surface area contributed by atoms with E-state index in [9.17, 15) is 23.1 Å². The number of H-pyrrole nitrogens is 1. The standard InChI is InChI=1S/C27H29N5O5S2/c1-16(22-7-8-23(38-22)19-6-4-3-5-18(19)14-32(2)27(34)35)30-24-21-13-20(17-9-11-39(36,37)12-10-17)26(33)31-25(21)29-15-28-24/h3-8,13,15-17H,9-12,14H2,1-2H3,(H,34,35)(H2,28,29,30,31,33). The Balaban J connectivity index is 1.40. The van der Waals surface area contributed by atoms with Crippen LogP contribution in [0.4, 0.5) is 10.6 Å². The molecule has 1 aliphatic rings. The maximum atomic E-state index is 12.8. The molecule has 204 valence electrons. The zero-order chi connectivity index (χ0) is 27.7. The molecular weight excluding hydrogens is 538 g/mol. The van der Waals surface area contributed by atoms with E-state index in [1.807, 2.05) is 43.3 Å². The van der Waals surface area contributed by atoms with E-state index in [1.165, 1.54) is 11.2 Å². The highest BCUT2D eigenvalue weighted by atomic mass is 32.2. The fourth-order valence-corrected chi connectivity index (χ4v) is 7.44. The molecule has 1 unspecified atom stereocenters. The number of rotatable bonds is 7. The molecule has 3 aromatic heterocycles. The van der Waals surface area contributed by atoms with Crippen LogP contribution in [-0.4, -0.2) is 58.0 Å². The highest BCUT2D eigenvalue weighted by Crippen LogP contribution is 2.36. The SMILES string of the molecule is CC(Nc1ncnc2[nH]c(=O)c(C3CCS(=O)(=O)CC3)cc12)c1ccc(-c2ccccc2CN(C)C(=O)O)s1. The molecule has 1 atom stereocenters. The van der Waals surface area contributed by atoms with E-state index in [0.29, 0.717) is 35.3 Å².